The number of nitrogens with one attached hydrogen (secondary N) is 1. The van der Waals surface area contributed by atoms with Gasteiger partial charge in [0.25, 0.3) is 0 Å². The van der Waals surface area contributed by atoms with Crippen LogP contribution in [0, 0.1) is 11.8 Å². The van der Waals surface area contributed by atoms with Crippen molar-refractivity contribution in [2.24, 2.45) is 11.8 Å². The van der Waals surface area contributed by atoms with E-state index >= 15 is 0 Å². The number of hydrogen-bond donors (Lipinski definition) is 1. The van der Waals surface area contributed by atoms with Gasteiger partial charge >= 0.3 is 0 Å². The van der Waals surface area contributed by atoms with Crippen molar-refractivity contribution >= 4 is 5.91 Å². The number of nitrogens with zero attached hydrogens (tertiary/aromatic N) is 1. The molecule has 1 saturated carbocycles. The van der Waals surface area contributed by atoms with E-state index in [0.717, 1.165) is 18.9 Å². The van der Waals surface area contributed by atoms with Crippen LogP contribution < -0.4 is 5.32 Å². The molecule has 2 rings (SSSR count). The van der Waals surface area contributed by atoms with E-state index < -0.39 is 0 Å². The molecular formula is C10H18N2O. The van der Waals surface area contributed by atoms with Crippen LogP contribution in [0.5, 0.6) is 0 Å². The Hall–Kier alpha value is -0.570. The molecule has 1 aliphatic heterocycles. The molecule has 0 aromatic heterocycles. The molecule has 2 atom stereocenters. The number of rotatable bonds is 3. The average molecular weight is 182 g/mol. The lowest BCUT2D eigenvalue weighted by Crippen LogP contribution is -2.36. The minimum Gasteiger partial charge on any atom is -0.345 e. The monoisotopic (exact) mass is 182 g/mol. The number of amides is 1. The summed E-state index contributed by atoms with van der Waals surface area (Å²) in [6.07, 6.45) is 3.44. The fourth-order valence-electron chi connectivity index (χ4n) is 2.45. The maximum atomic E-state index is 11.3. The van der Waals surface area contributed by atoms with Crippen LogP contribution in [0.1, 0.15) is 19.3 Å². The molecular weight excluding hydrogens is 164 g/mol. The standard InChI is InChI=1S/C10H18N2O/c1-11-10(7-3-4-7)8-5-9(13)12(2)6-8/h7-8,10-11H,3-6H2,1-2H3. The van der Waals surface area contributed by atoms with Crippen molar-refractivity contribution in [3.8, 4) is 0 Å². The Morgan fingerprint density at radius 3 is 2.54 bits per heavy atom. The van der Waals surface area contributed by atoms with E-state index in [1.165, 1.54) is 12.8 Å². The first kappa shape index (κ1) is 9.00. The highest BCUT2D eigenvalue weighted by Gasteiger charge is 2.40. The van der Waals surface area contributed by atoms with Crippen molar-refractivity contribution in [1.29, 1.82) is 0 Å². The molecule has 1 N–H and O–H groups in total. The predicted molar refractivity (Wildman–Crippen MR) is 51.3 cm³/mol. The molecule has 3 heteroatoms. The summed E-state index contributed by atoms with van der Waals surface area (Å²) in [4.78, 5) is 13.2. The van der Waals surface area contributed by atoms with Crippen LogP contribution in [0.15, 0.2) is 0 Å². The third kappa shape index (κ3) is 1.70. The summed E-state index contributed by atoms with van der Waals surface area (Å²) in [6, 6.07) is 0.578. The van der Waals surface area contributed by atoms with Crippen molar-refractivity contribution in [2.45, 2.75) is 25.3 Å². The number of carbonyl (C=O) groups is 1. The van der Waals surface area contributed by atoms with Crippen molar-refractivity contribution in [1.82, 2.24) is 10.2 Å². The summed E-state index contributed by atoms with van der Waals surface area (Å²) in [5, 5.41) is 3.37. The lowest BCUT2D eigenvalue weighted by Gasteiger charge is -2.21. The maximum Gasteiger partial charge on any atom is 0.222 e. The van der Waals surface area contributed by atoms with E-state index in [4.69, 9.17) is 0 Å². The van der Waals surface area contributed by atoms with E-state index in [0.29, 0.717) is 17.9 Å². The molecule has 1 heterocycles. The van der Waals surface area contributed by atoms with Crippen LogP contribution in [0.3, 0.4) is 0 Å². The molecule has 1 saturated heterocycles. The van der Waals surface area contributed by atoms with Gasteiger partial charge in [-0.3, -0.25) is 4.79 Å². The fourth-order valence-corrected chi connectivity index (χ4v) is 2.45. The van der Waals surface area contributed by atoms with E-state index in [-0.39, 0.29) is 0 Å². The highest BCUT2D eigenvalue weighted by molar-refractivity contribution is 5.78. The van der Waals surface area contributed by atoms with Gasteiger partial charge < -0.3 is 10.2 Å². The second-order valence-corrected chi connectivity index (χ2v) is 4.39. The fraction of sp³-hybridized carbons (Fsp3) is 0.900. The van der Waals surface area contributed by atoms with E-state index in [9.17, 15) is 4.79 Å². The van der Waals surface area contributed by atoms with Gasteiger partial charge in [-0.25, -0.2) is 0 Å². The average Bonchev–Trinajstić information content (AvgIpc) is 2.84. The summed E-state index contributed by atoms with van der Waals surface area (Å²) >= 11 is 0. The largest absolute Gasteiger partial charge is 0.345 e. The van der Waals surface area contributed by atoms with Crippen LogP contribution in [-0.2, 0) is 4.79 Å². The molecule has 0 spiro atoms. The summed E-state index contributed by atoms with van der Waals surface area (Å²) in [5.74, 6) is 1.70. The van der Waals surface area contributed by atoms with Crippen LogP contribution in [-0.4, -0.2) is 37.5 Å². The lowest BCUT2D eigenvalue weighted by molar-refractivity contribution is -0.126. The summed E-state index contributed by atoms with van der Waals surface area (Å²) in [5.41, 5.74) is 0. The van der Waals surface area contributed by atoms with Crippen LogP contribution in [0.2, 0.25) is 0 Å². The number of likely N-dealkylation sites (tertiary alicyclic amines) is 1. The third-order valence-electron chi connectivity index (χ3n) is 3.34. The number of hydrogen-bond acceptors (Lipinski definition) is 2. The maximum absolute atomic E-state index is 11.3. The van der Waals surface area contributed by atoms with E-state index in [1.54, 1.807) is 0 Å². The number of carbonyl (C=O) groups excluding carboxylic acids is 1. The van der Waals surface area contributed by atoms with E-state index in [1.807, 2.05) is 19.0 Å². The second kappa shape index (κ2) is 3.29. The minimum atomic E-state index is 0.311. The summed E-state index contributed by atoms with van der Waals surface area (Å²) < 4.78 is 0. The van der Waals surface area contributed by atoms with Crippen LogP contribution in [0.25, 0.3) is 0 Å². The molecule has 2 fully saturated rings. The molecule has 1 aliphatic carbocycles. The first-order chi connectivity index (χ1) is 6.22. The zero-order valence-corrected chi connectivity index (χ0v) is 8.42. The lowest BCUT2D eigenvalue weighted by atomic mass is 9.95. The first-order valence-corrected chi connectivity index (χ1v) is 5.13. The SMILES string of the molecule is CNC(C1CC1)C1CC(=O)N(C)C1. The zero-order valence-electron chi connectivity index (χ0n) is 8.42. The Bertz CT molecular complexity index is 213. The quantitative estimate of drug-likeness (QED) is 0.688. The molecule has 0 bridgehead atoms. The third-order valence-corrected chi connectivity index (χ3v) is 3.34. The molecule has 0 aromatic rings. The van der Waals surface area contributed by atoms with Crippen molar-refractivity contribution < 1.29 is 4.79 Å². The van der Waals surface area contributed by atoms with Gasteiger partial charge in [-0.2, -0.15) is 0 Å². The Morgan fingerprint density at radius 2 is 2.15 bits per heavy atom. The van der Waals surface area contributed by atoms with Gasteiger partial charge in [-0.05, 0) is 25.8 Å². The normalized spacial score (nSPS) is 31.1. The molecule has 3 nitrogen and oxygen atoms in total. The molecule has 1 amide bonds. The van der Waals surface area contributed by atoms with Crippen molar-refractivity contribution in [3.05, 3.63) is 0 Å². The van der Waals surface area contributed by atoms with Gasteiger partial charge in [0.2, 0.25) is 5.91 Å². The molecule has 2 unspecified atom stereocenters. The molecule has 74 valence electrons. The van der Waals surface area contributed by atoms with Gasteiger partial charge in [-0.1, -0.05) is 0 Å². The van der Waals surface area contributed by atoms with Crippen molar-refractivity contribution in [3.63, 3.8) is 0 Å². The Morgan fingerprint density at radius 1 is 1.46 bits per heavy atom. The van der Waals surface area contributed by atoms with Gasteiger partial charge in [0.1, 0.15) is 0 Å². The Labute approximate surface area is 79.5 Å². The van der Waals surface area contributed by atoms with Gasteiger partial charge in [-0.15, -0.1) is 0 Å². The van der Waals surface area contributed by atoms with E-state index in [2.05, 4.69) is 5.32 Å². The first-order valence-electron chi connectivity index (χ1n) is 5.13. The zero-order chi connectivity index (χ0) is 9.42. The van der Waals surface area contributed by atoms with Gasteiger partial charge in [0, 0.05) is 32.0 Å². The molecule has 0 radical (unpaired) electrons. The van der Waals surface area contributed by atoms with Gasteiger partial charge in [0.15, 0.2) is 0 Å². The van der Waals surface area contributed by atoms with Crippen LogP contribution in [0.4, 0.5) is 0 Å². The van der Waals surface area contributed by atoms with Gasteiger partial charge in [0.05, 0.1) is 0 Å². The summed E-state index contributed by atoms with van der Waals surface area (Å²) in [6.45, 7) is 0.945. The molecule has 2 aliphatic rings. The molecule has 0 aromatic carbocycles. The highest BCUT2D eigenvalue weighted by Crippen LogP contribution is 2.38. The smallest absolute Gasteiger partial charge is 0.222 e. The minimum absolute atomic E-state index is 0.311. The molecule has 13 heavy (non-hydrogen) atoms. The van der Waals surface area contributed by atoms with Crippen LogP contribution >= 0.6 is 0 Å². The van der Waals surface area contributed by atoms with Crippen molar-refractivity contribution in [2.75, 3.05) is 20.6 Å². The second-order valence-electron chi connectivity index (χ2n) is 4.39. The topological polar surface area (TPSA) is 32.3 Å². The summed E-state index contributed by atoms with van der Waals surface area (Å²) in [7, 11) is 3.92. The Kier molecular flexibility index (Phi) is 2.28. The highest BCUT2D eigenvalue weighted by atomic mass is 16.2. The predicted octanol–water partition coefficient (Wildman–Crippen LogP) is 0.463. The Balaban J connectivity index is 1.96.